The Morgan fingerprint density at radius 3 is 2.67 bits per heavy atom. The lowest BCUT2D eigenvalue weighted by Gasteiger charge is -2.15. The average molecular weight is 484 g/mol. The number of nitro groups is 1. The van der Waals surface area contributed by atoms with Crippen LogP contribution < -0.4 is 11.1 Å². The normalized spacial score (nSPS) is 11.8. The highest BCUT2D eigenvalue weighted by Gasteiger charge is 2.18. The van der Waals surface area contributed by atoms with E-state index in [0.29, 0.717) is 50.8 Å². The number of nitrogens with one attached hydrogen (secondary N) is 2. The van der Waals surface area contributed by atoms with E-state index in [0.717, 1.165) is 0 Å². The van der Waals surface area contributed by atoms with Crippen molar-refractivity contribution in [3.8, 4) is 22.6 Å². The van der Waals surface area contributed by atoms with Crippen LogP contribution in [0.3, 0.4) is 0 Å². The zero-order valence-corrected chi connectivity index (χ0v) is 18.5. The van der Waals surface area contributed by atoms with Crippen molar-refractivity contribution in [2.45, 2.75) is 12.5 Å². The first-order chi connectivity index (χ1) is 15.8. The van der Waals surface area contributed by atoms with Crippen molar-refractivity contribution in [2.75, 3.05) is 11.1 Å². The molecule has 0 fully saturated rings. The maximum Gasteiger partial charge on any atom is 0.311 e. The fourth-order valence-corrected chi connectivity index (χ4v) is 3.67. The maximum atomic E-state index is 10.9. The molecule has 0 saturated carbocycles. The van der Waals surface area contributed by atoms with Gasteiger partial charge in [0.05, 0.1) is 21.2 Å². The Balaban J connectivity index is 1.62. The summed E-state index contributed by atoms with van der Waals surface area (Å²) < 4.78 is 0. The van der Waals surface area contributed by atoms with Crippen LogP contribution in [-0.2, 0) is 6.42 Å². The number of aromatic amines is 1. The molecule has 4 rings (SSSR count). The van der Waals surface area contributed by atoms with Crippen LogP contribution in [0.25, 0.3) is 22.6 Å². The quantitative estimate of drug-likeness (QED) is 0.255. The van der Waals surface area contributed by atoms with Gasteiger partial charge in [0.2, 0.25) is 5.82 Å². The van der Waals surface area contributed by atoms with Crippen molar-refractivity contribution >= 4 is 40.5 Å². The van der Waals surface area contributed by atoms with Crippen molar-refractivity contribution in [2.24, 2.45) is 0 Å². The molecule has 167 valence electrons. The summed E-state index contributed by atoms with van der Waals surface area (Å²) in [7, 11) is 0. The number of nitrogens with zero attached hydrogens (tertiary/aromatic N) is 5. The fraction of sp³-hybridized carbons (Fsp3) is 0.0952. The predicted octanol–water partition coefficient (Wildman–Crippen LogP) is 4.58. The van der Waals surface area contributed by atoms with Gasteiger partial charge >= 0.3 is 5.69 Å². The van der Waals surface area contributed by atoms with Crippen molar-refractivity contribution in [3.63, 3.8) is 0 Å². The van der Waals surface area contributed by atoms with Gasteiger partial charge in [0.15, 0.2) is 0 Å². The van der Waals surface area contributed by atoms with Gasteiger partial charge < -0.3 is 16.0 Å². The van der Waals surface area contributed by atoms with E-state index in [2.05, 4.69) is 32.2 Å². The number of pyridine rings is 1. The first-order valence-corrected chi connectivity index (χ1v) is 10.4. The number of H-pyrrole nitrogens is 1. The number of anilines is 2. The molecule has 12 heteroatoms. The predicted molar refractivity (Wildman–Crippen MR) is 127 cm³/mol. The second-order valence-corrected chi connectivity index (χ2v) is 7.86. The molecular formula is C21H17Cl2N8O2. The molecule has 3 heterocycles. The molecule has 10 nitrogen and oxygen atoms in total. The molecule has 1 atom stereocenters. The number of nitrogen functional groups attached to an aromatic ring is 1. The minimum Gasteiger partial charge on any atom is -0.378 e. The Kier molecular flexibility index (Phi) is 6.38. The molecule has 1 aromatic carbocycles. The van der Waals surface area contributed by atoms with Crippen LogP contribution in [0.2, 0.25) is 10.0 Å². The Morgan fingerprint density at radius 2 is 2.00 bits per heavy atom. The Morgan fingerprint density at radius 1 is 1.18 bits per heavy atom. The lowest BCUT2D eigenvalue weighted by atomic mass is 10.1. The summed E-state index contributed by atoms with van der Waals surface area (Å²) in [6, 6.07) is 7.50. The third kappa shape index (κ3) is 5.02. The van der Waals surface area contributed by atoms with E-state index >= 15 is 0 Å². The van der Waals surface area contributed by atoms with Crippen LogP contribution in [-0.4, -0.2) is 35.9 Å². The fourth-order valence-electron chi connectivity index (χ4n) is 3.17. The van der Waals surface area contributed by atoms with Crippen LogP contribution >= 0.6 is 23.2 Å². The first kappa shape index (κ1) is 22.4. The summed E-state index contributed by atoms with van der Waals surface area (Å²) in [6.07, 6.45) is 5.33. The lowest BCUT2D eigenvalue weighted by Crippen LogP contribution is -2.21. The Labute approximate surface area is 198 Å². The van der Waals surface area contributed by atoms with Gasteiger partial charge in [-0.15, -0.1) is 0 Å². The van der Waals surface area contributed by atoms with E-state index < -0.39 is 11.0 Å². The molecule has 33 heavy (non-hydrogen) atoms. The highest BCUT2D eigenvalue weighted by molar-refractivity contribution is 6.36. The van der Waals surface area contributed by atoms with E-state index in [1.54, 1.807) is 36.8 Å². The van der Waals surface area contributed by atoms with Gasteiger partial charge in [-0.1, -0.05) is 23.2 Å². The highest BCUT2D eigenvalue weighted by Crippen LogP contribution is 2.34. The topological polar surface area (TPSA) is 149 Å². The number of rotatable bonds is 7. The molecule has 0 aliphatic rings. The average Bonchev–Trinajstić information content (AvgIpc) is 3.28. The second kappa shape index (κ2) is 9.39. The standard InChI is InChI=1S/C21H17Cl2N8O2/c1-11(28-17-5-4-16(31(32)33)20(24)30-17)8-18-27-10-14(21-25-6-7-26-21)19(29-18)13-3-2-12(22)9-15(13)23/h2-7,9-11H,1,8H2,(H,25,26)(H3,24,28,30). The van der Waals surface area contributed by atoms with Crippen LogP contribution in [0, 0.1) is 17.0 Å². The number of imidazole rings is 1. The summed E-state index contributed by atoms with van der Waals surface area (Å²) in [6.45, 7) is 4.05. The van der Waals surface area contributed by atoms with E-state index in [1.165, 1.54) is 12.1 Å². The Bertz CT molecular complexity index is 1310. The van der Waals surface area contributed by atoms with Gasteiger partial charge in [-0.25, -0.2) is 19.9 Å². The zero-order valence-electron chi connectivity index (χ0n) is 17.0. The molecule has 0 amide bonds. The third-order valence-electron chi connectivity index (χ3n) is 4.66. The smallest absolute Gasteiger partial charge is 0.311 e. The van der Waals surface area contributed by atoms with Gasteiger partial charge in [-0.3, -0.25) is 10.1 Å². The summed E-state index contributed by atoms with van der Waals surface area (Å²) in [5, 5.41) is 14.9. The van der Waals surface area contributed by atoms with Crippen molar-refractivity contribution in [1.82, 2.24) is 24.9 Å². The third-order valence-corrected chi connectivity index (χ3v) is 5.21. The SMILES string of the molecule is [CH2]C(Cc1ncc(-c2ncc[nH]2)c(-c2ccc(Cl)cc2Cl)n1)Nc1ccc([N+](=O)[O-])c(N)n1. The molecule has 0 spiro atoms. The van der Waals surface area contributed by atoms with Gasteiger partial charge in [-0.05, 0) is 31.2 Å². The van der Waals surface area contributed by atoms with Gasteiger partial charge in [0, 0.05) is 47.7 Å². The molecule has 0 saturated heterocycles. The highest BCUT2D eigenvalue weighted by atomic mass is 35.5. The van der Waals surface area contributed by atoms with E-state index in [4.69, 9.17) is 33.9 Å². The van der Waals surface area contributed by atoms with E-state index in [9.17, 15) is 10.1 Å². The van der Waals surface area contributed by atoms with Crippen LogP contribution in [0.5, 0.6) is 0 Å². The van der Waals surface area contributed by atoms with Gasteiger partial charge in [0.1, 0.15) is 17.5 Å². The summed E-state index contributed by atoms with van der Waals surface area (Å²) in [4.78, 5) is 30.8. The summed E-state index contributed by atoms with van der Waals surface area (Å²) in [5.41, 5.74) is 7.33. The zero-order chi connectivity index (χ0) is 23.5. The molecule has 4 N–H and O–H groups in total. The first-order valence-electron chi connectivity index (χ1n) is 9.63. The molecule has 0 bridgehead atoms. The number of hydrogen-bond donors (Lipinski definition) is 3. The van der Waals surface area contributed by atoms with Crippen LogP contribution in [0.15, 0.2) is 48.9 Å². The largest absolute Gasteiger partial charge is 0.378 e. The number of halogens is 2. The van der Waals surface area contributed by atoms with E-state index in [1.807, 2.05) is 0 Å². The minimum atomic E-state index is -0.592. The molecule has 1 radical (unpaired) electrons. The molecular weight excluding hydrogens is 467 g/mol. The second-order valence-electron chi connectivity index (χ2n) is 7.01. The van der Waals surface area contributed by atoms with Gasteiger partial charge in [-0.2, -0.15) is 0 Å². The lowest BCUT2D eigenvalue weighted by molar-refractivity contribution is -0.384. The molecule has 3 aromatic heterocycles. The molecule has 4 aromatic rings. The van der Waals surface area contributed by atoms with Crippen LogP contribution in [0.4, 0.5) is 17.3 Å². The maximum absolute atomic E-state index is 10.9. The minimum absolute atomic E-state index is 0.184. The number of nitrogens with two attached hydrogens (primary N) is 1. The summed E-state index contributed by atoms with van der Waals surface area (Å²) in [5.74, 6) is 1.26. The molecule has 0 aliphatic carbocycles. The van der Waals surface area contributed by atoms with E-state index in [-0.39, 0.29) is 11.5 Å². The molecule has 1 unspecified atom stereocenters. The van der Waals surface area contributed by atoms with Gasteiger partial charge in [0.25, 0.3) is 0 Å². The van der Waals surface area contributed by atoms with Crippen molar-refractivity contribution in [3.05, 3.63) is 81.8 Å². The molecule has 0 aliphatic heterocycles. The van der Waals surface area contributed by atoms with Crippen molar-refractivity contribution in [1.29, 1.82) is 0 Å². The van der Waals surface area contributed by atoms with Crippen LogP contribution in [0.1, 0.15) is 5.82 Å². The Hall–Kier alpha value is -3.76. The number of hydrogen-bond acceptors (Lipinski definition) is 8. The monoisotopic (exact) mass is 483 g/mol. The summed E-state index contributed by atoms with van der Waals surface area (Å²) >= 11 is 12.5. The number of aromatic nitrogens is 5. The number of benzene rings is 1. The van der Waals surface area contributed by atoms with Crippen molar-refractivity contribution < 1.29 is 4.92 Å².